The van der Waals surface area contributed by atoms with Crippen molar-refractivity contribution < 1.29 is 0 Å². The minimum Gasteiger partial charge on any atom is -0.317 e. The first-order valence-electron chi connectivity index (χ1n) is 6.11. The molecule has 0 saturated carbocycles. The molecule has 3 aromatic rings. The molecule has 3 heterocycles. The minimum absolute atomic E-state index is 0.293. The van der Waals surface area contributed by atoms with Gasteiger partial charge in [-0.05, 0) is 13.8 Å². The van der Waals surface area contributed by atoms with Crippen LogP contribution in [0, 0.1) is 6.92 Å². The number of rotatable bonds is 1. The molecule has 0 aliphatic carbocycles. The summed E-state index contributed by atoms with van der Waals surface area (Å²) in [6.45, 7) is 4.07. The Morgan fingerprint density at radius 2 is 1.89 bits per heavy atom. The number of aromatic nitrogens is 5. The second-order valence-corrected chi connectivity index (χ2v) is 4.67. The maximum absolute atomic E-state index is 12.4. The Balaban J connectivity index is 2.69. The van der Waals surface area contributed by atoms with E-state index in [4.69, 9.17) is 0 Å². The monoisotopic (exact) mass is 261 g/mol. The largest absolute Gasteiger partial charge is 0.332 e. The minimum atomic E-state index is -0.333. The summed E-state index contributed by atoms with van der Waals surface area (Å²) in [6.07, 6.45) is 1.86. The zero-order valence-corrected chi connectivity index (χ0v) is 11.3. The molecular formula is C12H15N5O2. The van der Waals surface area contributed by atoms with Gasteiger partial charge in [0.1, 0.15) is 0 Å². The fraction of sp³-hybridized carbons (Fsp3) is 0.417. The number of aryl methyl sites for hydroxylation is 3. The zero-order valence-electron chi connectivity index (χ0n) is 11.3. The number of hydrogen-bond acceptors (Lipinski definition) is 3. The molecule has 100 valence electrons. The molecule has 0 saturated heterocycles. The van der Waals surface area contributed by atoms with Gasteiger partial charge in [-0.25, -0.2) is 4.79 Å². The number of nitrogens with zero attached hydrogens (tertiary/aromatic N) is 5. The van der Waals surface area contributed by atoms with Crippen molar-refractivity contribution in [2.75, 3.05) is 0 Å². The molecule has 0 fully saturated rings. The van der Waals surface area contributed by atoms with Crippen molar-refractivity contribution in [3.8, 4) is 0 Å². The molecule has 3 aromatic heterocycles. The Bertz CT molecular complexity index is 922. The van der Waals surface area contributed by atoms with Gasteiger partial charge in [0.05, 0.1) is 0 Å². The maximum atomic E-state index is 12.4. The third-order valence-corrected chi connectivity index (χ3v) is 3.62. The van der Waals surface area contributed by atoms with Crippen LogP contribution in [-0.4, -0.2) is 23.1 Å². The Hall–Kier alpha value is -2.31. The lowest BCUT2D eigenvalue weighted by molar-refractivity contribution is 0.637. The van der Waals surface area contributed by atoms with Crippen molar-refractivity contribution in [1.82, 2.24) is 23.1 Å². The van der Waals surface area contributed by atoms with Crippen molar-refractivity contribution in [2.45, 2.75) is 20.4 Å². The van der Waals surface area contributed by atoms with Crippen LogP contribution < -0.4 is 11.2 Å². The summed E-state index contributed by atoms with van der Waals surface area (Å²) in [4.78, 5) is 28.9. The molecule has 19 heavy (non-hydrogen) atoms. The van der Waals surface area contributed by atoms with E-state index in [-0.39, 0.29) is 11.2 Å². The summed E-state index contributed by atoms with van der Waals surface area (Å²) in [5.74, 6) is 0.661. The van der Waals surface area contributed by atoms with Gasteiger partial charge in [0, 0.05) is 32.5 Å². The predicted octanol–water partition coefficient (Wildman–Crippen LogP) is 0.0147. The SMILES string of the molecule is CCn1c(=O)c2c(nc3n(C)c(C)cn23)n(C)c1=O. The van der Waals surface area contributed by atoms with Gasteiger partial charge in [0.25, 0.3) is 5.56 Å². The molecule has 3 rings (SSSR count). The molecule has 0 unspecified atom stereocenters. The molecule has 0 spiro atoms. The van der Waals surface area contributed by atoms with Gasteiger partial charge < -0.3 is 4.57 Å². The van der Waals surface area contributed by atoms with Crippen LogP contribution in [0.3, 0.4) is 0 Å². The molecule has 7 nitrogen and oxygen atoms in total. The predicted molar refractivity (Wildman–Crippen MR) is 71.6 cm³/mol. The third kappa shape index (κ3) is 1.29. The summed E-state index contributed by atoms with van der Waals surface area (Å²) in [5.41, 5.74) is 1.24. The first-order valence-corrected chi connectivity index (χ1v) is 6.11. The van der Waals surface area contributed by atoms with Gasteiger partial charge in [-0.1, -0.05) is 0 Å². The molecule has 0 atom stereocenters. The van der Waals surface area contributed by atoms with Crippen molar-refractivity contribution in [2.24, 2.45) is 14.1 Å². The molecule has 0 radical (unpaired) electrons. The van der Waals surface area contributed by atoms with Crippen LogP contribution in [-0.2, 0) is 20.6 Å². The highest BCUT2D eigenvalue weighted by Gasteiger charge is 2.18. The standard InChI is InChI=1S/C12H15N5O2/c1-5-16-10(18)8-9(15(4)12(16)19)13-11-14(3)7(2)6-17(8)11/h6H,5H2,1-4H3. The average Bonchev–Trinajstić information content (AvgIpc) is 2.86. The van der Waals surface area contributed by atoms with E-state index in [2.05, 4.69) is 4.98 Å². The van der Waals surface area contributed by atoms with E-state index in [0.717, 1.165) is 5.69 Å². The summed E-state index contributed by atoms with van der Waals surface area (Å²) < 4.78 is 6.28. The fourth-order valence-corrected chi connectivity index (χ4v) is 2.40. The van der Waals surface area contributed by atoms with E-state index >= 15 is 0 Å². The van der Waals surface area contributed by atoms with Gasteiger partial charge in [-0.15, -0.1) is 0 Å². The Kier molecular flexibility index (Phi) is 2.23. The van der Waals surface area contributed by atoms with E-state index in [1.54, 1.807) is 18.4 Å². The second-order valence-electron chi connectivity index (χ2n) is 4.67. The van der Waals surface area contributed by atoms with Gasteiger partial charge in [0.15, 0.2) is 11.2 Å². The van der Waals surface area contributed by atoms with E-state index < -0.39 is 0 Å². The van der Waals surface area contributed by atoms with Crippen molar-refractivity contribution in [1.29, 1.82) is 0 Å². The summed E-state index contributed by atoms with van der Waals surface area (Å²) in [6, 6.07) is 0. The van der Waals surface area contributed by atoms with Gasteiger partial charge in [-0.3, -0.25) is 18.3 Å². The highest BCUT2D eigenvalue weighted by Crippen LogP contribution is 2.14. The summed E-state index contributed by atoms with van der Waals surface area (Å²) >= 11 is 0. The first kappa shape index (κ1) is 11.8. The van der Waals surface area contributed by atoms with Gasteiger partial charge in [0.2, 0.25) is 5.78 Å². The Morgan fingerprint density at radius 3 is 2.53 bits per heavy atom. The summed E-state index contributed by atoms with van der Waals surface area (Å²) in [7, 11) is 3.52. The molecule has 7 heteroatoms. The summed E-state index contributed by atoms with van der Waals surface area (Å²) in [5, 5.41) is 0. The lowest BCUT2D eigenvalue weighted by Crippen LogP contribution is -2.38. The number of fused-ring (bicyclic) bond motifs is 3. The fourth-order valence-electron chi connectivity index (χ4n) is 2.40. The highest BCUT2D eigenvalue weighted by atomic mass is 16.2. The van der Waals surface area contributed by atoms with Crippen LogP contribution in [0.5, 0.6) is 0 Å². The smallest absolute Gasteiger partial charge is 0.317 e. The van der Waals surface area contributed by atoms with Crippen LogP contribution in [0.1, 0.15) is 12.6 Å². The quantitative estimate of drug-likeness (QED) is 0.620. The number of imidazole rings is 2. The molecular weight excluding hydrogens is 246 g/mol. The third-order valence-electron chi connectivity index (χ3n) is 3.62. The lowest BCUT2D eigenvalue weighted by atomic mass is 10.5. The van der Waals surface area contributed by atoms with Crippen LogP contribution in [0.4, 0.5) is 0 Å². The highest BCUT2D eigenvalue weighted by molar-refractivity contribution is 5.75. The van der Waals surface area contributed by atoms with E-state index in [1.807, 2.05) is 24.7 Å². The van der Waals surface area contributed by atoms with Crippen LogP contribution in [0.2, 0.25) is 0 Å². The molecule has 0 bridgehead atoms. The molecule has 0 aromatic carbocycles. The normalized spacial score (nSPS) is 11.8. The van der Waals surface area contributed by atoms with Gasteiger partial charge in [-0.2, -0.15) is 4.98 Å². The van der Waals surface area contributed by atoms with E-state index in [1.165, 1.54) is 9.13 Å². The Morgan fingerprint density at radius 1 is 1.21 bits per heavy atom. The molecule has 0 aliphatic heterocycles. The molecule has 0 amide bonds. The topological polar surface area (TPSA) is 66.2 Å². The van der Waals surface area contributed by atoms with Crippen molar-refractivity contribution >= 4 is 16.9 Å². The second kappa shape index (κ2) is 3.59. The Labute approximate surface area is 108 Å². The zero-order chi connectivity index (χ0) is 13.9. The lowest BCUT2D eigenvalue weighted by Gasteiger charge is -2.04. The average molecular weight is 261 g/mol. The van der Waals surface area contributed by atoms with Crippen LogP contribution in [0.25, 0.3) is 16.9 Å². The van der Waals surface area contributed by atoms with E-state index in [0.29, 0.717) is 23.5 Å². The van der Waals surface area contributed by atoms with Gasteiger partial charge >= 0.3 is 5.69 Å². The van der Waals surface area contributed by atoms with Crippen molar-refractivity contribution in [3.63, 3.8) is 0 Å². The van der Waals surface area contributed by atoms with Crippen LogP contribution >= 0.6 is 0 Å². The first-order chi connectivity index (χ1) is 8.97. The molecule has 0 aliphatic rings. The molecule has 0 N–H and O–H groups in total. The van der Waals surface area contributed by atoms with E-state index in [9.17, 15) is 9.59 Å². The van der Waals surface area contributed by atoms with Crippen molar-refractivity contribution in [3.05, 3.63) is 32.7 Å². The number of hydrogen-bond donors (Lipinski definition) is 0. The van der Waals surface area contributed by atoms with Crippen LogP contribution in [0.15, 0.2) is 15.8 Å². The maximum Gasteiger partial charge on any atom is 0.332 e.